The van der Waals surface area contributed by atoms with E-state index >= 15 is 0 Å². The van der Waals surface area contributed by atoms with E-state index in [4.69, 9.17) is 4.52 Å². The number of nitrogens with zero attached hydrogens (tertiary/aromatic N) is 4. The number of hydrogen-bond donors (Lipinski definition) is 0. The van der Waals surface area contributed by atoms with Crippen LogP contribution in [-0.2, 0) is 4.79 Å². The quantitative estimate of drug-likeness (QED) is 0.860. The highest BCUT2D eigenvalue weighted by Crippen LogP contribution is 2.25. The molecule has 1 aliphatic heterocycles. The molecule has 3 rings (SSSR count). The van der Waals surface area contributed by atoms with Crippen LogP contribution in [-0.4, -0.2) is 52.0 Å². The first-order chi connectivity index (χ1) is 11.2. The van der Waals surface area contributed by atoms with Crippen molar-refractivity contribution in [3.8, 4) is 10.7 Å². The zero-order chi connectivity index (χ0) is 16.2. The molecule has 0 unspecified atom stereocenters. The van der Waals surface area contributed by atoms with Crippen LogP contribution in [0, 0.1) is 0 Å². The Balaban J connectivity index is 1.66. The van der Waals surface area contributed by atoms with E-state index in [1.54, 1.807) is 11.3 Å². The van der Waals surface area contributed by atoms with Crippen LogP contribution < -0.4 is 0 Å². The smallest absolute Gasteiger partial charge is 0.244 e. The third-order valence-electron chi connectivity index (χ3n) is 4.27. The number of aromatic nitrogens is 2. The van der Waals surface area contributed by atoms with Gasteiger partial charge in [-0.2, -0.15) is 4.98 Å². The molecule has 0 bridgehead atoms. The number of carbonyl (C=O) groups excluding carboxylic acids is 1. The maximum atomic E-state index is 11.9. The minimum Gasteiger partial charge on any atom is -0.341 e. The van der Waals surface area contributed by atoms with Gasteiger partial charge in [-0.25, -0.2) is 0 Å². The molecule has 6 nitrogen and oxygen atoms in total. The minimum absolute atomic E-state index is 0.0629. The highest BCUT2D eigenvalue weighted by Gasteiger charge is 2.25. The van der Waals surface area contributed by atoms with E-state index < -0.39 is 0 Å². The van der Waals surface area contributed by atoms with Crippen molar-refractivity contribution in [3.63, 3.8) is 0 Å². The summed E-state index contributed by atoms with van der Waals surface area (Å²) in [4.78, 5) is 21.7. The van der Waals surface area contributed by atoms with Gasteiger partial charge in [0.1, 0.15) is 0 Å². The molecular formula is C16H22N4O2S. The third-order valence-corrected chi connectivity index (χ3v) is 5.14. The summed E-state index contributed by atoms with van der Waals surface area (Å²) in [6.45, 7) is 7.37. The van der Waals surface area contributed by atoms with Crippen molar-refractivity contribution >= 4 is 17.2 Å². The number of thiophene rings is 1. The molecule has 0 spiro atoms. The van der Waals surface area contributed by atoms with Crippen LogP contribution in [0.2, 0.25) is 0 Å². The summed E-state index contributed by atoms with van der Waals surface area (Å²) in [6, 6.07) is 4.03. The van der Waals surface area contributed by atoms with Gasteiger partial charge in [-0.3, -0.25) is 9.69 Å². The molecule has 23 heavy (non-hydrogen) atoms. The molecule has 3 heterocycles. The van der Waals surface area contributed by atoms with Gasteiger partial charge in [-0.05, 0) is 24.8 Å². The van der Waals surface area contributed by atoms with Crippen LogP contribution in [0.25, 0.3) is 10.7 Å². The molecule has 0 saturated carbocycles. The Labute approximate surface area is 140 Å². The molecule has 1 saturated heterocycles. The Bertz CT molecular complexity index is 640. The van der Waals surface area contributed by atoms with E-state index in [1.165, 1.54) is 0 Å². The molecule has 2 aromatic heterocycles. The molecule has 1 aliphatic rings. The van der Waals surface area contributed by atoms with Gasteiger partial charge in [0.2, 0.25) is 17.6 Å². The first kappa shape index (κ1) is 16.1. The summed E-state index contributed by atoms with van der Waals surface area (Å²) in [5, 5.41) is 6.09. The van der Waals surface area contributed by atoms with Crippen molar-refractivity contribution in [3.05, 3.63) is 23.4 Å². The van der Waals surface area contributed by atoms with Crippen molar-refractivity contribution < 1.29 is 9.32 Å². The average Bonchev–Trinajstić information content (AvgIpc) is 3.20. The minimum atomic E-state index is 0.0629. The predicted molar refractivity (Wildman–Crippen MR) is 89.1 cm³/mol. The molecule has 0 radical (unpaired) electrons. The molecule has 0 aliphatic carbocycles. The van der Waals surface area contributed by atoms with Crippen LogP contribution in [0.1, 0.15) is 38.6 Å². The zero-order valence-electron chi connectivity index (χ0n) is 13.6. The SMILES string of the molecule is CCC(=O)N1CCCN([C@H](C)c2nc(-c3cccs3)no2)CC1. The normalized spacial score (nSPS) is 17.9. The molecule has 1 fully saturated rings. The van der Waals surface area contributed by atoms with Crippen LogP contribution in [0.3, 0.4) is 0 Å². The monoisotopic (exact) mass is 334 g/mol. The summed E-state index contributed by atoms with van der Waals surface area (Å²) in [6.07, 6.45) is 1.55. The lowest BCUT2D eigenvalue weighted by Gasteiger charge is -2.25. The van der Waals surface area contributed by atoms with Crippen molar-refractivity contribution in [2.24, 2.45) is 0 Å². The third kappa shape index (κ3) is 3.61. The maximum absolute atomic E-state index is 11.9. The van der Waals surface area contributed by atoms with Crippen molar-refractivity contribution in [2.45, 2.75) is 32.7 Å². The van der Waals surface area contributed by atoms with Gasteiger partial charge in [0.05, 0.1) is 10.9 Å². The Kier molecular flexibility index (Phi) is 5.07. The second kappa shape index (κ2) is 7.23. The number of rotatable bonds is 4. The first-order valence-electron chi connectivity index (χ1n) is 8.08. The Hall–Kier alpha value is -1.73. The van der Waals surface area contributed by atoms with E-state index in [1.807, 2.05) is 29.3 Å². The largest absolute Gasteiger partial charge is 0.341 e. The standard InChI is InChI=1S/C16H22N4O2S/c1-3-14(21)20-8-5-7-19(9-10-20)12(2)16-17-15(18-22-16)13-6-4-11-23-13/h4,6,11-12H,3,5,7-10H2,1-2H3/t12-/m1/s1. The molecule has 124 valence electrons. The van der Waals surface area contributed by atoms with Crippen molar-refractivity contribution in [1.29, 1.82) is 0 Å². The summed E-state index contributed by atoms with van der Waals surface area (Å²) in [5.41, 5.74) is 0. The van der Waals surface area contributed by atoms with Gasteiger partial charge in [-0.1, -0.05) is 18.1 Å². The van der Waals surface area contributed by atoms with E-state index in [-0.39, 0.29) is 11.9 Å². The first-order valence-corrected chi connectivity index (χ1v) is 8.96. The lowest BCUT2D eigenvalue weighted by molar-refractivity contribution is -0.130. The van der Waals surface area contributed by atoms with Gasteiger partial charge >= 0.3 is 0 Å². The average molecular weight is 334 g/mol. The van der Waals surface area contributed by atoms with Crippen molar-refractivity contribution in [1.82, 2.24) is 19.9 Å². The Morgan fingerprint density at radius 1 is 1.39 bits per heavy atom. The molecule has 2 aromatic rings. The summed E-state index contributed by atoms with van der Waals surface area (Å²) < 4.78 is 5.46. The molecular weight excluding hydrogens is 312 g/mol. The summed E-state index contributed by atoms with van der Waals surface area (Å²) in [7, 11) is 0. The lowest BCUT2D eigenvalue weighted by atomic mass is 10.2. The lowest BCUT2D eigenvalue weighted by Crippen LogP contribution is -2.35. The van der Waals surface area contributed by atoms with E-state index in [9.17, 15) is 4.79 Å². The topological polar surface area (TPSA) is 62.5 Å². The number of amides is 1. The predicted octanol–water partition coefficient (Wildman–Crippen LogP) is 2.80. The molecule has 7 heteroatoms. The Morgan fingerprint density at radius 2 is 2.26 bits per heavy atom. The van der Waals surface area contributed by atoms with Gasteiger partial charge in [0.15, 0.2) is 0 Å². The van der Waals surface area contributed by atoms with Gasteiger partial charge in [0.25, 0.3) is 0 Å². The maximum Gasteiger partial charge on any atom is 0.244 e. The van der Waals surface area contributed by atoms with Gasteiger partial charge in [-0.15, -0.1) is 11.3 Å². The fourth-order valence-corrected chi connectivity index (χ4v) is 3.51. The zero-order valence-corrected chi connectivity index (χ0v) is 14.4. The number of carbonyl (C=O) groups is 1. The second-order valence-electron chi connectivity index (χ2n) is 5.73. The molecule has 1 amide bonds. The molecule has 0 aromatic carbocycles. The summed E-state index contributed by atoms with van der Waals surface area (Å²) in [5.74, 6) is 1.53. The Morgan fingerprint density at radius 3 is 3.00 bits per heavy atom. The van der Waals surface area contributed by atoms with Gasteiger partial charge < -0.3 is 9.42 Å². The van der Waals surface area contributed by atoms with Crippen LogP contribution in [0.5, 0.6) is 0 Å². The molecule has 0 N–H and O–H groups in total. The van der Waals surface area contributed by atoms with Gasteiger partial charge in [0, 0.05) is 32.6 Å². The fraction of sp³-hybridized carbons (Fsp3) is 0.562. The second-order valence-corrected chi connectivity index (χ2v) is 6.68. The van der Waals surface area contributed by atoms with E-state index in [0.29, 0.717) is 18.1 Å². The van der Waals surface area contributed by atoms with Crippen molar-refractivity contribution in [2.75, 3.05) is 26.2 Å². The molecule has 1 atom stereocenters. The van der Waals surface area contributed by atoms with E-state index in [2.05, 4.69) is 22.0 Å². The summed E-state index contributed by atoms with van der Waals surface area (Å²) >= 11 is 1.60. The van der Waals surface area contributed by atoms with Crippen LogP contribution in [0.4, 0.5) is 0 Å². The van der Waals surface area contributed by atoms with Crippen LogP contribution >= 0.6 is 11.3 Å². The number of hydrogen-bond acceptors (Lipinski definition) is 6. The highest BCUT2D eigenvalue weighted by molar-refractivity contribution is 7.13. The fourth-order valence-electron chi connectivity index (χ4n) is 2.86. The van der Waals surface area contributed by atoms with E-state index in [0.717, 1.165) is 37.5 Å². The van der Waals surface area contributed by atoms with Crippen LogP contribution in [0.15, 0.2) is 22.0 Å². The highest BCUT2D eigenvalue weighted by atomic mass is 32.1.